The Morgan fingerprint density at radius 2 is 0.711 bits per heavy atom. The quantitative estimate of drug-likeness (QED) is 0.210. The Morgan fingerprint density at radius 3 is 1.03 bits per heavy atom. The zero-order valence-corrected chi connectivity index (χ0v) is 24.1. The minimum atomic E-state index is 0.149. The van der Waals surface area contributed by atoms with Crippen LogP contribution in [-0.4, -0.2) is 0 Å². The van der Waals surface area contributed by atoms with E-state index in [1.807, 2.05) is 0 Å². The van der Waals surface area contributed by atoms with E-state index in [1.54, 1.807) is 0 Å². The Morgan fingerprint density at radius 1 is 0.395 bits per heavy atom. The number of benzene rings is 6. The number of rotatable bonds is 2. The van der Waals surface area contributed by atoms with Gasteiger partial charge in [-0.2, -0.15) is 0 Å². The molecule has 6 rings (SSSR count). The minimum Gasteiger partial charge on any atom is -0.0579 e. The van der Waals surface area contributed by atoms with E-state index in [4.69, 9.17) is 0 Å². The van der Waals surface area contributed by atoms with Crippen molar-refractivity contribution in [2.75, 3.05) is 0 Å². The average Bonchev–Trinajstić information content (AvgIpc) is 2.88. The van der Waals surface area contributed by atoms with Gasteiger partial charge in [-0.15, -0.1) is 0 Å². The van der Waals surface area contributed by atoms with Crippen molar-refractivity contribution in [3.8, 4) is 22.3 Å². The molecule has 0 unspecified atom stereocenters. The van der Waals surface area contributed by atoms with Crippen molar-refractivity contribution in [2.24, 2.45) is 0 Å². The molecule has 0 saturated heterocycles. The van der Waals surface area contributed by atoms with Crippen molar-refractivity contribution >= 4 is 32.3 Å². The second-order valence-electron chi connectivity index (χ2n) is 13.2. The molecule has 0 aliphatic heterocycles. The van der Waals surface area contributed by atoms with Gasteiger partial charge in [0.1, 0.15) is 0 Å². The van der Waals surface area contributed by atoms with Gasteiger partial charge in [0, 0.05) is 0 Å². The molecule has 0 spiro atoms. The van der Waals surface area contributed by atoms with E-state index in [0.29, 0.717) is 0 Å². The summed E-state index contributed by atoms with van der Waals surface area (Å²) in [6.07, 6.45) is 0. The van der Waals surface area contributed by atoms with Crippen LogP contribution >= 0.6 is 0 Å². The first-order valence-corrected chi connectivity index (χ1v) is 13.9. The normalized spacial score (nSPS) is 12.7. The Kier molecular flexibility index (Phi) is 5.48. The van der Waals surface area contributed by atoms with E-state index in [9.17, 15) is 0 Å². The monoisotopic (exact) mass is 494 g/mol. The fourth-order valence-corrected chi connectivity index (χ4v) is 6.12. The first-order chi connectivity index (χ1) is 17.9. The molecule has 0 nitrogen and oxygen atoms in total. The van der Waals surface area contributed by atoms with Gasteiger partial charge in [0.2, 0.25) is 0 Å². The van der Waals surface area contributed by atoms with Crippen molar-refractivity contribution in [3.05, 3.63) is 107 Å². The summed E-state index contributed by atoms with van der Waals surface area (Å²) >= 11 is 0. The van der Waals surface area contributed by atoms with Gasteiger partial charge in [0.25, 0.3) is 0 Å². The van der Waals surface area contributed by atoms with Gasteiger partial charge in [-0.25, -0.2) is 0 Å². The first kappa shape index (κ1) is 24.7. The summed E-state index contributed by atoms with van der Waals surface area (Å²) in [6, 6.07) is 32.6. The van der Waals surface area contributed by atoms with Crippen LogP contribution in [0, 0.1) is 13.8 Å². The van der Waals surface area contributed by atoms with E-state index in [-0.39, 0.29) is 10.8 Å². The van der Waals surface area contributed by atoms with Crippen LogP contribution < -0.4 is 0 Å². The van der Waals surface area contributed by atoms with Gasteiger partial charge in [-0.1, -0.05) is 126 Å². The molecule has 38 heavy (non-hydrogen) atoms. The average molecular weight is 495 g/mol. The standard InChI is InChI=1S/C38H38/c1-23-21-33(25-9-13-27(14-10-25)37(3,4)5)31-20-18-30-24(2)22-34(32-19-17-29(23)35(31)36(30)32)26-11-15-28(16-12-26)38(6,7)8/h9-22H,1-8H3. The summed E-state index contributed by atoms with van der Waals surface area (Å²) in [6.45, 7) is 18.2. The summed E-state index contributed by atoms with van der Waals surface area (Å²) in [7, 11) is 0. The fourth-order valence-electron chi connectivity index (χ4n) is 6.12. The van der Waals surface area contributed by atoms with Crippen LogP contribution in [0.3, 0.4) is 0 Å². The molecular formula is C38H38. The Hall–Kier alpha value is -3.64. The molecule has 0 saturated carbocycles. The third kappa shape index (κ3) is 3.90. The summed E-state index contributed by atoms with van der Waals surface area (Å²) in [5.74, 6) is 0. The third-order valence-corrected chi connectivity index (χ3v) is 8.44. The molecule has 6 aromatic rings. The van der Waals surface area contributed by atoms with Crippen molar-refractivity contribution in [2.45, 2.75) is 66.2 Å². The molecule has 0 aromatic heterocycles. The fraction of sp³-hybridized carbons (Fsp3) is 0.263. The molecule has 0 heteroatoms. The highest BCUT2D eigenvalue weighted by atomic mass is 14.2. The van der Waals surface area contributed by atoms with Crippen LogP contribution in [0.15, 0.2) is 84.9 Å². The third-order valence-electron chi connectivity index (χ3n) is 8.44. The highest BCUT2D eigenvalue weighted by Gasteiger charge is 2.19. The van der Waals surface area contributed by atoms with Crippen LogP contribution in [0.4, 0.5) is 0 Å². The van der Waals surface area contributed by atoms with E-state index < -0.39 is 0 Å². The van der Waals surface area contributed by atoms with E-state index in [1.165, 1.54) is 76.8 Å². The molecule has 0 aliphatic rings. The van der Waals surface area contributed by atoms with Gasteiger partial charge in [0.15, 0.2) is 0 Å². The molecule has 6 aromatic carbocycles. The van der Waals surface area contributed by atoms with Crippen LogP contribution in [0.2, 0.25) is 0 Å². The Bertz CT molecular complexity index is 1660. The molecule has 0 heterocycles. The summed E-state index contributed by atoms with van der Waals surface area (Å²) < 4.78 is 0. The van der Waals surface area contributed by atoms with Crippen molar-refractivity contribution in [1.29, 1.82) is 0 Å². The maximum atomic E-state index is 2.38. The molecular weight excluding hydrogens is 456 g/mol. The maximum absolute atomic E-state index is 2.38. The van der Waals surface area contributed by atoms with E-state index in [2.05, 4.69) is 140 Å². The largest absolute Gasteiger partial charge is 0.0579 e. The van der Waals surface area contributed by atoms with Gasteiger partial charge >= 0.3 is 0 Å². The predicted octanol–water partition coefficient (Wildman–Crippen LogP) is 11.1. The maximum Gasteiger partial charge on any atom is -0.00176 e. The zero-order chi connectivity index (χ0) is 27.0. The molecule has 0 atom stereocenters. The van der Waals surface area contributed by atoms with Crippen LogP contribution in [0.25, 0.3) is 54.6 Å². The molecule has 0 amide bonds. The van der Waals surface area contributed by atoms with Crippen LogP contribution in [-0.2, 0) is 10.8 Å². The zero-order valence-electron chi connectivity index (χ0n) is 24.1. The molecule has 0 N–H and O–H groups in total. The second kappa shape index (κ2) is 8.43. The van der Waals surface area contributed by atoms with Crippen molar-refractivity contribution < 1.29 is 0 Å². The lowest BCUT2D eigenvalue weighted by atomic mass is 9.82. The smallest absolute Gasteiger partial charge is 0.00176 e. The molecule has 0 fully saturated rings. The summed E-state index contributed by atoms with van der Waals surface area (Å²) in [4.78, 5) is 0. The lowest BCUT2D eigenvalue weighted by molar-refractivity contribution is 0.590. The molecule has 0 aliphatic carbocycles. The highest BCUT2D eigenvalue weighted by Crippen LogP contribution is 2.45. The Labute approximate surface area is 227 Å². The van der Waals surface area contributed by atoms with Crippen LogP contribution in [0.1, 0.15) is 63.8 Å². The van der Waals surface area contributed by atoms with E-state index in [0.717, 1.165) is 0 Å². The number of hydrogen-bond acceptors (Lipinski definition) is 0. The van der Waals surface area contributed by atoms with Gasteiger partial charge in [0.05, 0.1) is 0 Å². The van der Waals surface area contributed by atoms with Gasteiger partial charge in [-0.05, 0) is 102 Å². The highest BCUT2D eigenvalue weighted by molar-refractivity contribution is 6.28. The topological polar surface area (TPSA) is 0 Å². The van der Waals surface area contributed by atoms with Gasteiger partial charge in [-0.3, -0.25) is 0 Å². The SMILES string of the molecule is Cc1cc(-c2ccc(C(C)(C)C)cc2)c2ccc3c(C)cc(-c4ccc(C(C)(C)C)cc4)c4ccc1c2c34. The minimum absolute atomic E-state index is 0.149. The number of hydrogen-bond donors (Lipinski definition) is 0. The molecule has 0 bridgehead atoms. The predicted molar refractivity (Wildman–Crippen MR) is 168 cm³/mol. The van der Waals surface area contributed by atoms with Crippen molar-refractivity contribution in [3.63, 3.8) is 0 Å². The Balaban J connectivity index is 1.63. The number of aryl methyl sites for hydroxylation is 2. The summed E-state index contributed by atoms with van der Waals surface area (Å²) in [5, 5.41) is 8.18. The van der Waals surface area contributed by atoms with Crippen LogP contribution in [0.5, 0.6) is 0 Å². The molecule has 0 radical (unpaired) electrons. The molecule has 190 valence electrons. The summed E-state index contributed by atoms with van der Waals surface area (Å²) in [5.41, 5.74) is 10.9. The van der Waals surface area contributed by atoms with E-state index >= 15 is 0 Å². The second-order valence-corrected chi connectivity index (χ2v) is 13.2. The lowest BCUT2D eigenvalue weighted by Crippen LogP contribution is -2.10. The van der Waals surface area contributed by atoms with Crippen molar-refractivity contribution in [1.82, 2.24) is 0 Å². The lowest BCUT2D eigenvalue weighted by Gasteiger charge is -2.22. The first-order valence-electron chi connectivity index (χ1n) is 13.9. The van der Waals surface area contributed by atoms with Gasteiger partial charge < -0.3 is 0 Å².